The molecular weight excluding hydrogens is 262 g/mol. The largest absolute Gasteiger partial charge is 0.329 e. The molecule has 3 rings (SSSR count). The molecule has 2 aromatic rings. The van der Waals surface area contributed by atoms with Crippen LogP contribution in [0.3, 0.4) is 0 Å². The van der Waals surface area contributed by atoms with Gasteiger partial charge in [-0.25, -0.2) is 13.6 Å². The van der Waals surface area contributed by atoms with Gasteiger partial charge in [0.2, 0.25) is 0 Å². The van der Waals surface area contributed by atoms with Crippen molar-refractivity contribution in [1.82, 2.24) is 9.55 Å². The second kappa shape index (κ2) is 3.50. The van der Waals surface area contributed by atoms with Crippen molar-refractivity contribution in [2.75, 3.05) is 0 Å². The highest BCUT2D eigenvalue weighted by molar-refractivity contribution is 7.16. The van der Waals surface area contributed by atoms with Crippen LogP contribution < -0.4 is 11.2 Å². The summed E-state index contributed by atoms with van der Waals surface area (Å²) in [5.41, 5.74) is -0.307. The summed E-state index contributed by atoms with van der Waals surface area (Å²) in [6.07, 6.45) is -0.880. The maximum absolute atomic E-state index is 12.8. The number of alkyl halides is 2. The summed E-state index contributed by atoms with van der Waals surface area (Å²) in [4.78, 5) is 27.0. The maximum Gasteiger partial charge on any atom is 0.329 e. The zero-order chi connectivity index (χ0) is 13.1. The molecular formula is C11H10F2N2O2S. The number of aryl methyl sites for hydroxylation is 1. The molecule has 1 saturated carbocycles. The van der Waals surface area contributed by atoms with Gasteiger partial charge in [-0.1, -0.05) is 0 Å². The molecule has 0 unspecified atom stereocenters. The van der Waals surface area contributed by atoms with Crippen LogP contribution in [0.25, 0.3) is 10.2 Å². The van der Waals surface area contributed by atoms with E-state index in [2.05, 4.69) is 4.98 Å². The second-order valence-corrected chi connectivity index (χ2v) is 5.53. The Morgan fingerprint density at radius 1 is 1.44 bits per heavy atom. The number of thiophene rings is 1. The summed E-state index contributed by atoms with van der Waals surface area (Å²) in [5.74, 6) is -2.75. The number of hydrogen-bond acceptors (Lipinski definition) is 3. The minimum atomic E-state index is -2.75. The fourth-order valence-electron chi connectivity index (χ4n) is 2.32. The van der Waals surface area contributed by atoms with Crippen LogP contribution in [-0.2, 0) is 0 Å². The van der Waals surface area contributed by atoms with Gasteiger partial charge in [0.25, 0.3) is 11.5 Å². The van der Waals surface area contributed by atoms with Gasteiger partial charge >= 0.3 is 5.69 Å². The van der Waals surface area contributed by atoms with E-state index < -0.39 is 36.1 Å². The lowest BCUT2D eigenvalue weighted by Gasteiger charge is -2.35. The molecule has 0 saturated heterocycles. The van der Waals surface area contributed by atoms with Crippen molar-refractivity contribution in [3.05, 3.63) is 31.8 Å². The van der Waals surface area contributed by atoms with Crippen LogP contribution in [0.1, 0.15) is 24.4 Å². The highest BCUT2D eigenvalue weighted by atomic mass is 32.1. The summed E-state index contributed by atoms with van der Waals surface area (Å²) < 4.78 is 26.6. The van der Waals surface area contributed by atoms with Gasteiger partial charge in [-0.05, 0) is 17.9 Å². The molecule has 18 heavy (non-hydrogen) atoms. The summed E-state index contributed by atoms with van der Waals surface area (Å²) >= 11 is 1.27. The number of hydrogen-bond donors (Lipinski definition) is 1. The molecule has 4 nitrogen and oxygen atoms in total. The van der Waals surface area contributed by atoms with E-state index in [1.54, 1.807) is 12.3 Å². The van der Waals surface area contributed by atoms with Gasteiger partial charge in [-0.3, -0.25) is 14.3 Å². The molecule has 1 fully saturated rings. The number of aromatic amines is 1. The van der Waals surface area contributed by atoms with Gasteiger partial charge in [0.1, 0.15) is 4.83 Å². The van der Waals surface area contributed by atoms with E-state index in [0.29, 0.717) is 10.2 Å². The summed E-state index contributed by atoms with van der Waals surface area (Å²) in [6, 6.07) is -0.694. The number of nitrogens with one attached hydrogen (secondary N) is 1. The third-order valence-corrected chi connectivity index (χ3v) is 4.29. The van der Waals surface area contributed by atoms with Gasteiger partial charge < -0.3 is 0 Å². The molecule has 1 aliphatic carbocycles. The number of nitrogens with zero attached hydrogens (tertiary/aromatic N) is 1. The Labute approximate surface area is 104 Å². The third-order valence-electron chi connectivity index (χ3n) is 3.28. The summed E-state index contributed by atoms with van der Waals surface area (Å²) in [5, 5.41) is 2.19. The fraction of sp³-hybridized carbons (Fsp3) is 0.455. The number of H-pyrrole nitrogens is 1. The van der Waals surface area contributed by atoms with Gasteiger partial charge in [-0.2, -0.15) is 0 Å². The van der Waals surface area contributed by atoms with Crippen molar-refractivity contribution in [2.24, 2.45) is 0 Å². The van der Waals surface area contributed by atoms with Crippen molar-refractivity contribution < 1.29 is 8.78 Å². The zero-order valence-corrected chi connectivity index (χ0v) is 10.3. The highest BCUT2D eigenvalue weighted by Gasteiger charge is 2.47. The van der Waals surface area contributed by atoms with E-state index in [0.717, 1.165) is 10.1 Å². The number of aromatic nitrogens is 2. The van der Waals surface area contributed by atoms with Crippen molar-refractivity contribution >= 4 is 21.6 Å². The first-order valence-corrected chi connectivity index (χ1v) is 6.37. The van der Waals surface area contributed by atoms with E-state index in [1.807, 2.05) is 0 Å². The van der Waals surface area contributed by atoms with E-state index >= 15 is 0 Å². The quantitative estimate of drug-likeness (QED) is 0.863. The average molecular weight is 272 g/mol. The molecule has 0 radical (unpaired) electrons. The monoisotopic (exact) mass is 272 g/mol. The molecule has 1 aliphatic rings. The smallest absolute Gasteiger partial charge is 0.298 e. The SMILES string of the molecule is Cc1csc2[nH]c(=O)n(C3CC(F)(F)C3)c(=O)c12. The standard InChI is InChI=1S/C11H10F2N2O2S/c1-5-4-18-8-7(5)9(16)15(10(17)14-8)6-2-11(12,13)3-6/h4,6H,2-3H2,1H3,(H,14,17). The number of halogens is 2. The van der Waals surface area contributed by atoms with Gasteiger partial charge in [0, 0.05) is 12.8 Å². The Morgan fingerprint density at radius 2 is 2.11 bits per heavy atom. The second-order valence-electron chi connectivity index (χ2n) is 4.65. The zero-order valence-electron chi connectivity index (χ0n) is 9.50. The molecule has 0 spiro atoms. The lowest BCUT2D eigenvalue weighted by molar-refractivity contribution is -0.105. The summed E-state index contributed by atoms with van der Waals surface area (Å²) in [7, 11) is 0. The minimum Gasteiger partial charge on any atom is -0.298 e. The number of rotatable bonds is 1. The lowest BCUT2D eigenvalue weighted by Crippen LogP contribution is -2.47. The predicted octanol–water partition coefficient (Wildman–Crippen LogP) is 2.03. The van der Waals surface area contributed by atoms with Crippen molar-refractivity contribution in [2.45, 2.75) is 31.7 Å². The van der Waals surface area contributed by atoms with Gasteiger partial charge in [0.15, 0.2) is 0 Å². The fourth-order valence-corrected chi connectivity index (χ4v) is 3.24. The Balaban J connectivity index is 2.21. The van der Waals surface area contributed by atoms with E-state index in [-0.39, 0.29) is 0 Å². The van der Waals surface area contributed by atoms with Crippen LogP contribution >= 0.6 is 11.3 Å². The predicted molar refractivity (Wildman–Crippen MR) is 64.7 cm³/mol. The Bertz CT molecular complexity index is 736. The first-order valence-electron chi connectivity index (χ1n) is 5.49. The van der Waals surface area contributed by atoms with Crippen LogP contribution in [-0.4, -0.2) is 15.5 Å². The van der Waals surface area contributed by atoms with Crippen LogP contribution in [0.2, 0.25) is 0 Å². The van der Waals surface area contributed by atoms with Crippen molar-refractivity contribution in [1.29, 1.82) is 0 Å². The Kier molecular flexibility index (Phi) is 2.25. The first kappa shape index (κ1) is 11.6. The van der Waals surface area contributed by atoms with E-state index in [4.69, 9.17) is 0 Å². The molecule has 0 aliphatic heterocycles. The first-order chi connectivity index (χ1) is 8.39. The highest BCUT2D eigenvalue weighted by Crippen LogP contribution is 2.44. The average Bonchev–Trinajstić information content (AvgIpc) is 2.57. The Morgan fingerprint density at radius 3 is 2.72 bits per heavy atom. The molecule has 2 heterocycles. The lowest BCUT2D eigenvalue weighted by atomic mass is 9.88. The number of fused-ring (bicyclic) bond motifs is 1. The van der Waals surface area contributed by atoms with Crippen molar-refractivity contribution in [3.8, 4) is 0 Å². The van der Waals surface area contributed by atoms with E-state index in [1.165, 1.54) is 11.3 Å². The molecule has 2 aromatic heterocycles. The topological polar surface area (TPSA) is 54.9 Å². The molecule has 0 bridgehead atoms. The molecule has 1 N–H and O–H groups in total. The van der Waals surface area contributed by atoms with Crippen LogP contribution in [0.5, 0.6) is 0 Å². The van der Waals surface area contributed by atoms with Crippen LogP contribution in [0, 0.1) is 6.92 Å². The summed E-state index contributed by atoms with van der Waals surface area (Å²) in [6.45, 7) is 1.76. The molecule has 0 aromatic carbocycles. The molecule has 96 valence electrons. The molecule has 0 amide bonds. The van der Waals surface area contributed by atoms with Crippen molar-refractivity contribution in [3.63, 3.8) is 0 Å². The molecule has 0 atom stereocenters. The van der Waals surface area contributed by atoms with Crippen LogP contribution in [0.4, 0.5) is 8.78 Å². The van der Waals surface area contributed by atoms with E-state index in [9.17, 15) is 18.4 Å². The van der Waals surface area contributed by atoms with Crippen LogP contribution in [0.15, 0.2) is 15.0 Å². The normalized spacial score (nSPS) is 19.1. The van der Waals surface area contributed by atoms with Gasteiger partial charge in [0.05, 0.1) is 11.4 Å². The maximum atomic E-state index is 12.8. The molecule has 7 heteroatoms. The van der Waals surface area contributed by atoms with Gasteiger partial charge in [-0.15, -0.1) is 11.3 Å². The Hall–Kier alpha value is -1.50. The minimum absolute atomic E-state index is 0.426. The third kappa shape index (κ3) is 1.53.